The highest BCUT2D eigenvalue weighted by Gasteiger charge is 2.61. The first-order valence-electron chi connectivity index (χ1n) is 7.27. The van der Waals surface area contributed by atoms with Crippen molar-refractivity contribution in [3.63, 3.8) is 0 Å². The van der Waals surface area contributed by atoms with Crippen molar-refractivity contribution in [2.24, 2.45) is 23.8 Å². The summed E-state index contributed by atoms with van der Waals surface area (Å²) in [6.07, 6.45) is 10.2. The number of aromatic nitrogens is 3. The molecule has 3 heteroatoms. The molecule has 2 unspecified atom stereocenters. The Labute approximate surface area is 109 Å². The first kappa shape index (κ1) is 11.0. The Morgan fingerprint density at radius 1 is 1.11 bits per heavy atom. The molecule has 0 saturated heterocycles. The van der Waals surface area contributed by atoms with Gasteiger partial charge in [0, 0.05) is 12.5 Å². The van der Waals surface area contributed by atoms with Gasteiger partial charge in [0.05, 0.1) is 0 Å². The zero-order valence-electron chi connectivity index (χ0n) is 11.7. The molecule has 0 radical (unpaired) electrons. The molecule has 4 fully saturated rings. The van der Waals surface area contributed by atoms with Crippen LogP contribution in [0.4, 0.5) is 0 Å². The molecule has 0 amide bonds. The summed E-state index contributed by atoms with van der Waals surface area (Å²) in [5.74, 6) is 2.18. The molecular weight excluding hydrogens is 222 g/mol. The minimum absolute atomic E-state index is 0.328. The molecule has 4 aliphatic rings. The number of aryl methyl sites for hydroxylation is 1. The summed E-state index contributed by atoms with van der Waals surface area (Å²) >= 11 is 0. The summed E-state index contributed by atoms with van der Waals surface area (Å²) < 4.78 is 2.17. The lowest BCUT2D eigenvalue weighted by atomic mass is 9.40. The standard InChI is InChI=1S/C15H23N3/c1-13-4-11-5-14(2,7-13)9-15(6-11,8-13)12-17-16-10-18(12)3/h10-11H,4-9H2,1-3H3. The van der Waals surface area contributed by atoms with Crippen LogP contribution in [0.1, 0.15) is 58.2 Å². The Kier molecular flexibility index (Phi) is 1.83. The average Bonchev–Trinajstić information content (AvgIpc) is 2.58. The van der Waals surface area contributed by atoms with Crippen LogP contribution in [0.5, 0.6) is 0 Å². The van der Waals surface area contributed by atoms with Crippen LogP contribution in [-0.4, -0.2) is 14.8 Å². The van der Waals surface area contributed by atoms with E-state index in [2.05, 4.69) is 35.7 Å². The summed E-state index contributed by atoms with van der Waals surface area (Å²) in [6, 6.07) is 0. The molecule has 5 rings (SSSR count). The van der Waals surface area contributed by atoms with E-state index in [9.17, 15) is 0 Å². The molecule has 4 saturated carbocycles. The second kappa shape index (κ2) is 3.00. The minimum Gasteiger partial charge on any atom is -0.320 e. The maximum Gasteiger partial charge on any atom is 0.138 e. The van der Waals surface area contributed by atoms with Crippen molar-refractivity contribution in [2.75, 3.05) is 0 Å². The largest absolute Gasteiger partial charge is 0.320 e. The van der Waals surface area contributed by atoms with Crippen molar-refractivity contribution in [3.8, 4) is 0 Å². The van der Waals surface area contributed by atoms with Gasteiger partial charge in [-0.05, 0) is 55.3 Å². The van der Waals surface area contributed by atoms with Crippen molar-refractivity contribution in [1.29, 1.82) is 0 Å². The van der Waals surface area contributed by atoms with E-state index >= 15 is 0 Å². The Balaban J connectivity index is 1.85. The fraction of sp³-hybridized carbons (Fsp3) is 0.867. The number of hydrogen-bond acceptors (Lipinski definition) is 2. The molecule has 18 heavy (non-hydrogen) atoms. The van der Waals surface area contributed by atoms with Crippen LogP contribution < -0.4 is 0 Å². The van der Waals surface area contributed by atoms with Crippen molar-refractivity contribution in [2.45, 2.75) is 57.8 Å². The van der Waals surface area contributed by atoms with Gasteiger partial charge in [0.1, 0.15) is 12.2 Å². The van der Waals surface area contributed by atoms with E-state index < -0.39 is 0 Å². The van der Waals surface area contributed by atoms with Crippen molar-refractivity contribution in [3.05, 3.63) is 12.2 Å². The van der Waals surface area contributed by atoms with Crippen molar-refractivity contribution < 1.29 is 0 Å². The van der Waals surface area contributed by atoms with E-state index in [1.54, 1.807) is 0 Å². The van der Waals surface area contributed by atoms with Crippen LogP contribution in [-0.2, 0) is 12.5 Å². The predicted molar refractivity (Wildman–Crippen MR) is 70.1 cm³/mol. The summed E-state index contributed by atoms with van der Waals surface area (Å²) in [4.78, 5) is 0. The maximum atomic E-state index is 4.48. The molecular formula is C15H23N3. The molecule has 3 nitrogen and oxygen atoms in total. The van der Waals surface area contributed by atoms with Crippen LogP contribution in [0, 0.1) is 16.7 Å². The van der Waals surface area contributed by atoms with Crippen molar-refractivity contribution >= 4 is 0 Å². The molecule has 98 valence electrons. The molecule has 1 aromatic rings. The van der Waals surface area contributed by atoms with Crippen LogP contribution in [0.3, 0.4) is 0 Å². The lowest BCUT2D eigenvalue weighted by Crippen LogP contribution is -2.57. The smallest absolute Gasteiger partial charge is 0.138 e. The quantitative estimate of drug-likeness (QED) is 0.761. The number of nitrogens with zero attached hydrogens (tertiary/aromatic N) is 3. The lowest BCUT2D eigenvalue weighted by molar-refractivity contribution is -0.113. The van der Waals surface area contributed by atoms with Gasteiger partial charge in [-0.25, -0.2) is 0 Å². The highest BCUT2D eigenvalue weighted by atomic mass is 15.3. The third kappa shape index (κ3) is 1.31. The van der Waals surface area contributed by atoms with Gasteiger partial charge in [0.2, 0.25) is 0 Å². The monoisotopic (exact) mass is 245 g/mol. The molecule has 2 atom stereocenters. The predicted octanol–water partition coefficient (Wildman–Crippen LogP) is 3.06. The van der Waals surface area contributed by atoms with Crippen LogP contribution in [0.15, 0.2) is 6.33 Å². The van der Waals surface area contributed by atoms with Gasteiger partial charge in [-0.2, -0.15) is 0 Å². The average molecular weight is 245 g/mol. The fourth-order valence-electron chi connectivity index (χ4n) is 6.46. The third-order valence-corrected chi connectivity index (χ3v) is 5.81. The van der Waals surface area contributed by atoms with Gasteiger partial charge in [-0.1, -0.05) is 13.8 Å². The van der Waals surface area contributed by atoms with Gasteiger partial charge < -0.3 is 4.57 Å². The van der Waals surface area contributed by atoms with Crippen molar-refractivity contribution in [1.82, 2.24) is 14.8 Å². The molecule has 0 spiro atoms. The molecule has 4 aliphatic carbocycles. The van der Waals surface area contributed by atoms with Gasteiger partial charge >= 0.3 is 0 Å². The highest BCUT2D eigenvalue weighted by Crippen LogP contribution is 2.69. The van der Waals surface area contributed by atoms with Crippen LogP contribution in [0.2, 0.25) is 0 Å². The van der Waals surface area contributed by atoms with Crippen LogP contribution >= 0.6 is 0 Å². The second-order valence-electron chi connectivity index (χ2n) is 8.18. The van der Waals surface area contributed by atoms with Gasteiger partial charge in [-0.3, -0.25) is 0 Å². The van der Waals surface area contributed by atoms with Gasteiger partial charge in [0.15, 0.2) is 0 Å². The Morgan fingerprint density at radius 2 is 1.78 bits per heavy atom. The number of rotatable bonds is 1. The van der Waals surface area contributed by atoms with E-state index in [1.165, 1.54) is 44.3 Å². The minimum atomic E-state index is 0.328. The van der Waals surface area contributed by atoms with E-state index in [1.807, 2.05) is 6.33 Å². The molecule has 4 bridgehead atoms. The van der Waals surface area contributed by atoms with Crippen LogP contribution in [0.25, 0.3) is 0 Å². The topological polar surface area (TPSA) is 30.7 Å². The Morgan fingerprint density at radius 3 is 2.28 bits per heavy atom. The normalized spacial score (nSPS) is 49.8. The SMILES string of the molecule is Cn1cnnc1C12CC3CC(C)(CC(C)(C3)C1)C2. The zero-order chi connectivity index (χ0) is 12.6. The summed E-state index contributed by atoms with van der Waals surface area (Å²) in [5, 5.41) is 8.62. The molecule has 0 N–H and O–H groups in total. The van der Waals surface area contributed by atoms with Gasteiger partial charge in [0.25, 0.3) is 0 Å². The van der Waals surface area contributed by atoms with E-state index in [0.29, 0.717) is 16.2 Å². The molecule has 0 aromatic carbocycles. The molecule has 0 aliphatic heterocycles. The maximum absolute atomic E-state index is 4.48. The Hall–Kier alpha value is -0.860. The molecule has 1 aromatic heterocycles. The first-order valence-corrected chi connectivity index (χ1v) is 7.27. The third-order valence-electron chi connectivity index (χ3n) is 5.81. The fourth-order valence-corrected chi connectivity index (χ4v) is 6.46. The Bertz CT molecular complexity index is 486. The van der Waals surface area contributed by atoms with Gasteiger partial charge in [-0.15, -0.1) is 10.2 Å². The first-order chi connectivity index (χ1) is 8.42. The van der Waals surface area contributed by atoms with E-state index in [0.717, 1.165) is 5.92 Å². The van der Waals surface area contributed by atoms with E-state index in [-0.39, 0.29) is 0 Å². The molecule has 1 heterocycles. The number of hydrogen-bond donors (Lipinski definition) is 0. The summed E-state index contributed by atoms with van der Waals surface area (Å²) in [7, 11) is 2.11. The second-order valence-corrected chi connectivity index (χ2v) is 8.18. The summed E-state index contributed by atoms with van der Waals surface area (Å²) in [6.45, 7) is 5.03. The highest BCUT2D eigenvalue weighted by molar-refractivity contribution is 5.21. The zero-order valence-corrected chi connectivity index (χ0v) is 11.7. The van der Waals surface area contributed by atoms with E-state index in [4.69, 9.17) is 0 Å². The lowest BCUT2D eigenvalue weighted by Gasteiger charge is -2.64. The summed E-state index contributed by atoms with van der Waals surface area (Å²) in [5.41, 5.74) is 1.44.